The van der Waals surface area contributed by atoms with Gasteiger partial charge in [-0.05, 0) is 26.0 Å². The lowest BCUT2D eigenvalue weighted by molar-refractivity contribution is 0.219. The van der Waals surface area contributed by atoms with Crippen LogP contribution in [0.3, 0.4) is 0 Å². The van der Waals surface area contributed by atoms with Gasteiger partial charge in [-0.3, -0.25) is 5.10 Å². The maximum atomic E-state index is 12.7. The first-order valence-corrected chi connectivity index (χ1v) is 8.30. The summed E-state index contributed by atoms with van der Waals surface area (Å²) in [6.45, 7) is 3.68. The Morgan fingerprint density at radius 3 is 2.86 bits per heavy atom. The number of nitrogens with zero attached hydrogens (tertiary/aromatic N) is 2. The Labute approximate surface area is 125 Å². The van der Waals surface area contributed by atoms with E-state index in [0.29, 0.717) is 38.2 Å². The van der Waals surface area contributed by atoms with Crippen LogP contribution < -0.4 is 5.32 Å². The molecule has 0 atom stereocenters. The molecule has 1 aliphatic heterocycles. The number of methoxy groups -OCH3 is 1. The first-order valence-electron chi connectivity index (χ1n) is 6.86. The molecule has 7 nitrogen and oxygen atoms in total. The number of aromatic amines is 1. The molecule has 0 bridgehead atoms. The molecule has 2 rings (SSSR count). The average Bonchev–Trinajstić information content (AvgIpc) is 2.82. The van der Waals surface area contributed by atoms with Crippen LogP contribution in [0, 0.1) is 6.92 Å². The van der Waals surface area contributed by atoms with Gasteiger partial charge < -0.3 is 10.1 Å². The number of ether oxygens (including phenoxy) is 1. The Morgan fingerprint density at radius 2 is 2.29 bits per heavy atom. The Balaban J connectivity index is 2.24. The molecule has 0 saturated carbocycles. The van der Waals surface area contributed by atoms with E-state index in [-0.39, 0.29) is 5.03 Å². The van der Waals surface area contributed by atoms with Gasteiger partial charge in [0.1, 0.15) is 0 Å². The van der Waals surface area contributed by atoms with Crippen LogP contribution in [-0.2, 0) is 21.3 Å². The van der Waals surface area contributed by atoms with Crippen molar-refractivity contribution in [3.8, 4) is 0 Å². The molecular formula is C13H22N4O3S. The highest BCUT2D eigenvalue weighted by Gasteiger charge is 2.31. The molecule has 0 spiro atoms. The van der Waals surface area contributed by atoms with Gasteiger partial charge in [0.25, 0.3) is 10.0 Å². The lowest BCUT2D eigenvalue weighted by atomic mass is 10.1. The molecule has 8 heteroatoms. The van der Waals surface area contributed by atoms with Crippen molar-refractivity contribution in [1.29, 1.82) is 0 Å². The summed E-state index contributed by atoms with van der Waals surface area (Å²) in [5, 5.41) is 9.86. The summed E-state index contributed by atoms with van der Waals surface area (Å²) >= 11 is 0. The second-order valence-electron chi connectivity index (χ2n) is 5.07. The van der Waals surface area contributed by atoms with Crippen molar-refractivity contribution in [1.82, 2.24) is 19.8 Å². The summed E-state index contributed by atoms with van der Waals surface area (Å²) in [6, 6.07) is 0. The largest absolute Gasteiger partial charge is 0.380 e. The third-order valence-corrected chi connectivity index (χ3v) is 5.41. The minimum absolute atomic E-state index is 0.123. The Morgan fingerprint density at radius 1 is 1.52 bits per heavy atom. The number of hydrogen-bond acceptors (Lipinski definition) is 5. The summed E-state index contributed by atoms with van der Waals surface area (Å²) in [5.41, 5.74) is 2.61. The number of hydrogen-bond donors (Lipinski definition) is 2. The highest BCUT2D eigenvalue weighted by atomic mass is 32.2. The van der Waals surface area contributed by atoms with Crippen molar-refractivity contribution in [2.45, 2.75) is 24.9 Å². The van der Waals surface area contributed by atoms with E-state index in [4.69, 9.17) is 4.74 Å². The second-order valence-corrected chi connectivity index (χ2v) is 6.92. The fourth-order valence-corrected chi connectivity index (χ4v) is 3.92. The van der Waals surface area contributed by atoms with Crippen molar-refractivity contribution in [2.24, 2.45) is 0 Å². The zero-order chi connectivity index (χ0) is 15.5. The lowest BCUT2D eigenvalue weighted by Crippen LogP contribution is -2.36. The number of rotatable bonds is 6. The molecule has 0 aromatic carbocycles. The molecule has 1 aliphatic rings. The first kappa shape index (κ1) is 16.2. The van der Waals surface area contributed by atoms with Gasteiger partial charge in [-0.15, -0.1) is 0 Å². The summed E-state index contributed by atoms with van der Waals surface area (Å²) < 4.78 is 32.0. The van der Waals surface area contributed by atoms with Gasteiger partial charge in [0.05, 0.1) is 6.61 Å². The van der Waals surface area contributed by atoms with E-state index in [1.807, 2.05) is 13.0 Å². The molecule has 118 valence electrons. The normalized spacial score (nSPS) is 17.0. The Hall–Kier alpha value is -1.22. The Bertz CT molecular complexity index is 621. The molecule has 1 aromatic rings. The standard InChI is InChI=1S/C13H22N4O3S/c1-10-12(8-14-2)13(16-15-10)21(18,19)17-6-4-11(5-7-17)9-20-3/h4,14H,5-9H2,1-3H3,(H,15,16). The van der Waals surface area contributed by atoms with Gasteiger partial charge >= 0.3 is 0 Å². The van der Waals surface area contributed by atoms with Crippen LogP contribution in [0.4, 0.5) is 0 Å². The van der Waals surface area contributed by atoms with Crippen LogP contribution in [0.1, 0.15) is 17.7 Å². The molecule has 1 aromatic heterocycles. The van der Waals surface area contributed by atoms with Gasteiger partial charge in [-0.1, -0.05) is 6.08 Å². The van der Waals surface area contributed by atoms with E-state index in [1.54, 1.807) is 14.2 Å². The summed E-state index contributed by atoms with van der Waals surface area (Å²) in [6.07, 6.45) is 2.61. The van der Waals surface area contributed by atoms with Crippen molar-refractivity contribution in [3.63, 3.8) is 0 Å². The van der Waals surface area contributed by atoms with E-state index in [2.05, 4.69) is 15.5 Å². The molecule has 0 amide bonds. The average molecular weight is 314 g/mol. The molecule has 2 heterocycles. The number of aromatic nitrogens is 2. The van der Waals surface area contributed by atoms with Crippen LogP contribution >= 0.6 is 0 Å². The molecule has 0 radical (unpaired) electrons. The summed E-state index contributed by atoms with van der Waals surface area (Å²) in [4.78, 5) is 0. The molecule has 0 fully saturated rings. The zero-order valence-electron chi connectivity index (χ0n) is 12.6. The molecule has 2 N–H and O–H groups in total. The quantitative estimate of drug-likeness (QED) is 0.742. The van der Waals surface area contributed by atoms with Crippen LogP contribution in [-0.4, -0.2) is 56.8 Å². The molecular weight excluding hydrogens is 292 g/mol. The predicted molar refractivity (Wildman–Crippen MR) is 79.4 cm³/mol. The van der Waals surface area contributed by atoms with Crippen molar-refractivity contribution in [2.75, 3.05) is 33.9 Å². The number of sulfonamides is 1. The van der Waals surface area contributed by atoms with E-state index in [9.17, 15) is 8.42 Å². The van der Waals surface area contributed by atoms with Crippen molar-refractivity contribution in [3.05, 3.63) is 22.9 Å². The van der Waals surface area contributed by atoms with Gasteiger partial charge in [0, 0.05) is 38.0 Å². The van der Waals surface area contributed by atoms with Gasteiger partial charge in [0.15, 0.2) is 5.03 Å². The van der Waals surface area contributed by atoms with E-state index >= 15 is 0 Å². The summed E-state index contributed by atoms with van der Waals surface area (Å²) in [7, 11) is -0.146. The highest BCUT2D eigenvalue weighted by molar-refractivity contribution is 7.89. The smallest absolute Gasteiger partial charge is 0.263 e. The van der Waals surface area contributed by atoms with E-state index in [0.717, 1.165) is 11.3 Å². The SMILES string of the molecule is CNCc1c(S(=O)(=O)N2CC=C(COC)CC2)n[nH]c1C. The monoisotopic (exact) mass is 314 g/mol. The minimum Gasteiger partial charge on any atom is -0.380 e. The van der Waals surface area contributed by atoms with Crippen LogP contribution in [0.5, 0.6) is 0 Å². The maximum Gasteiger partial charge on any atom is 0.263 e. The number of H-pyrrole nitrogens is 1. The lowest BCUT2D eigenvalue weighted by Gasteiger charge is -2.25. The van der Waals surface area contributed by atoms with Gasteiger partial charge in [-0.25, -0.2) is 8.42 Å². The topological polar surface area (TPSA) is 87.3 Å². The maximum absolute atomic E-state index is 12.7. The van der Waals surface area contributed by atoms with Gasteiger partial charge in [0.2, 0.25) is 0 Å². The number of aryl methyl sites for hydroxylation is 1. The third-order valence-electron chi connectivity index (χ3n) is 3.57. The van der Waals surface area contributed by atoms with E-state index in [1.165, 1.54) is 4.31 Å². The van der Waals surface area contributed by atoms with Crippen molar-refractivity contribution >= 4 is 10.0 Å². The molecule has 0 unspecified atom stereocenters. The zero-order valence-corrected chi connectivity index (χ0v) is 13.5. The fraction of sp³-hybridized carbons (Fsp3) is 0.615. The van der Waals surface area contributed by atoms with Gasteiger partial charge in [-0.2, -0.15) is 9.40 Å². The van der Waals surface area contributed by atoms with Crippen LogP contribution in [0.15, 0.2) is 16.7 Å². The molecule has 21 heavy (non-hydrogen) atoms. The van der Waals surface area contributed by atoms with Crippen LogP contribution in [0.25, 0.3) is 0 Å². The van der Waals surface area contributed by atoms with E-state index < -0.39 is 10.0 Å². The first-order chi connectivity index (χ1) is 10.0. The highest BCUT2D eigenvalue weighted by Crippen LogP contribution is 2.23. The van der Waals surface area contributed by atoms with Crippen molar-refractivity contribution < 1.29 is 13.2 Å². The number of nitrogens with one attached hydrogen (secondary N) is 2. The molecule has 0 aliphatic carbocycles. The summed E-state index contributed by atoms with van der Waals surface area (Å²) in [5.74, 6) is 0. The Kier molecular flexibility index (Phi) is 5.15. The predicted octanol–water partition coefficient (Wildman–Crippen LogP) is 0.405. The van der Waals surface area contributed by atoms with Crippen LogP contribution in [0.2, 0.25) is 0 Å². The fourth-order valence-electron chi connectivity index (χ4n) is 2.38. The third kappa shape index (κ3) is 3.34. The minimum atomic E-state index is -3.57. The molecule has 0 saturated heterocycles. The second kappa shape index (κ2) is 6.69.